The van der Waals surface area contributed by atoms with Crippen molar-refractivity contribution in [3.05, 3.63) is 41.3 Å². The number of carboxylic acid groups (broad SMARTS) is 1. The molecule has 1 aromatic carbocycles. The summed E-state index contributed by atoms with van der Waals surface area (Å²) in [4.78, 5) is 23.9. The van der Waals surface area contributed by atoms with Gasteiger partial charge in [0.15, 0.2) is 0 Å². The maximum atomic E-state index is 13.2. The van der Waals surface area contributed by atoms with Gasteiger partial charge in [-0.05, 0) is 73.5 Å². The van der Waals surface area contributed by atoms with E-state index in [1.165, 1.54) is 17.8 Å². The number of aliphatic carboxylic acids is 1. The van der Waals surface area contributed by atoms with Gasteiger partial charge in [0.05, 0.1) is 5.56 Å². The third kappa shape index (κ3) is 4.36. The number of carbonyl (C=O) groups excluding carboxylic acids is 1. The number of hydrogen-bond acceptors (Lipinski definition) is 4. The van der Waals surface area contributed by atoms with E-state index in [4.69, 9.17) is 5.11 Å². The van der Waals surface area contributed by atoms with Crippen molar-refractivity contribution < 1.29 is 19.8 Å². The van der Waals surface area contributed by atoms with E-state index in [0.717, 1.165) is 29.3 Å². The topological polar surface area (TPSA) is 86.6 Å². The van der Waals surface area contributed by atoms with E-state index >= 15 is 0 Å². The quantitative estimate of drug-likeness (QED) is 0.368. The molecule has 3 saturated carbocycles. The van der Waals surface area contributed by atoms with Gasteiger partial charge < -0.3 is 15.5 Å². The van der Waals surface area contributed by atoms with E-state index in [1.54, 1.807) is 12.1 Å². The maximum Gasteiger partial charge on any atom is 0.303 e. The van der Waals surface area contributed by atoms with Gasteiger partial charge in [0.1, 0.15) is 5.75 Å². The first-order chi connectivity index (χ1) is 14.8. The van der Waals surface area contributed by atoms with Crippen molar-refractivity contribution >= 4 is 33.3 Å². The van der Waals surface area contributed by atoms with Crippen molar-refractivity contribution in [3.8, 4) is 5.75 Å². The van der Waals surface area contributed by atoms with E-state index < -0.39 is 5.97 Å². The molecule has 3 N–H and O–H groups in total. The number of carboxylic acids is 1. The summed E-state index contributed by atoms with van der Waals surface area (Å²) in [7, 11) is 0. The molecule has 0 radical (unpaired) electrons. The van der Waals surface area contributed by atoms with Crippen LogP contribution in [0.1, 0.15) is 62.7 Å². The zero-order valence-corrected chi connectivity index (χ0v) is 19.0. The highest BCUT2D eigenvalue weighted by molar-refractivity contribution is 7.17. The van der Waals surface area contributed by atoms with Crippen LogP contribution in [0.5, 0.6) is 5.75 Å². The molecule has 3 fully saturated rings. The van der Waals surface area contributed by atoms with Gasteiger partial charge in [-0.25, -0.2) is 0 Å². The Kier molecular flexibility index (Phi) is 6.11. The number of rotatable bonds is 8. The third-order valence-corrected chi connectivity index (χ3v) is 8.50. The minimum absolute atomic E-state index is 0.0570. The Hall–Kier alpha value is -2.34. The predicted molar refractivity (Wildman–Crippen MR) is 123 cm³/mol. The summed E-state index contributed by atoms with van der Waals surface area (Å²) in [6, 6.07) is 5.30. The van der Waals surface area contributed by atoms with E-state index in [0.29, 0.717) is 29.7 Å². The van der Waals surface area contributed by atoms with Crippen LogP contribution in [0.15, 0.2) is 35.7 Å². The van der Waals surface area contributed by atoms with Crippen LogP contribution in [0.2, 0.25) is 0 Å². The number of thiophene rings is 1. The smallest absolute Gasteiger partial charge is 0.303 e. The van der Waals surface area contributed by atoms with Crippen LogP contribution in [0.4, 0.5) is 0 Å². The minimum Gasteiger partial charge on any atom is -0.508 e. The number of carbonyl (C=O) groups is 2. The molecule has 1 heterocycles. The minimum atomic E-state index is -0.750. The molecule has 1 amide bonds. The Morgan fingerprint density at radius 1 is 1.26 bits per heavy atom. The molecule has 0 spiro atoms. The van der Waals surface area contributed by atoms with Crippen LogP contribution in [0, 0.1) is 23.2 Å². The molecule has 5 rings (SSSR count). The molecule has 3 aliphatic carbocycles. The second-order valence-electron chi connectivity index (χ2n) is 9.68. The Morgan fingerprint density at radius 3 is 2.81 bits per heavy atom. The summed E-state index contributed by atoms with van der Waals surface area (Å²) in [5.74, 6) is 0.939. The molecule has 31 heavy (non-hydrogen) atoms. The number of nitrogens with one attached hydrogen (secondary N) is 1. The van der Waals surface area contributed by atoms with Gasteiger partial charge >= 0.3 is 5.97 Å². The fraction of sp³-hybridized carbons (Fsp3) is 0.520. The summed E-state index contributed by atoms with van der Waals surface area (Å²) >= 11 is 1.52. The second-order valence-corrected chi connectivity index (χ2v) is 10.6. The van der Waals surface area contributed by atoms with Gasteiger partial charge in [-0.1, -0.05) is 26.0 Å². The van der Waals surface area contributed by atoms with Crippen molar-refractivity contribution in [3.63, 3.8) is 0 Å². The van der Waals surface area contributed by atoms with Crippen LogP contribution in [-0.2, 0) is 4.79 Å². The third-order valence-electron chi connectivity index (χ3n) is 7.54. The number of benzene rings is 1. The van der Waals surface area contributed by atoms with Crippen molar-refractivity contribution in [2.75, 3.05) is 0 Å². The molecular formula is C25H31NO4S. The monoisotopic (exact) mass is 441 g/mol. The fourth-order valence-corrected chi connectivity index (χ4v) is 6.47. The summed E-state index contributed by atoms with van der Waals surface area (Å²) in [6.07, 6.45) is 9.08. The lowest BCUT2D eigenvalue weighted by atomic mass is 9.44. The first-order valence-electron chi connectivity index (χ1n) is 11.1. The lowest BCUT2D eigenvalue weighted by Gasteiger charge is -2.62. The van der Waals surface area contributed by atoms with Gasteiger partial charge in [-0.2, -0.15) is 0 Å². The van der Waals surface area contributed by atoms with Crippen molar-refractivity contribution in [2.45, 2.75) is 58.4 Å². The zero-order chi connectivity index (χ0) is 22.2. The molecule has 2 aromatic rings. The number of unbranched alkanes of at least 4 members (excludes halogenated alkanes) is 1. The lowest BCUT2D eigenvalue weighted by Crippen LogP contribution is -2.63. The maximum absolute atomic E-state index is 13.2. The molecule has 0 aliphatic heterocycles. The normalized spacial score (nSPS) is 26.6. The number of fused-ring (bicyclic) bond motifs is 3. The number of aromatic hydroxyl groups is 1. The largest absolute Gasteiger partial charge is 0.508 e. The highest BCUT2D eigenvalue weighted by atomic mass is 32.1. The molecule has 3 aliphatic rings. The first kappa shape index (κ1) is 21.9. The molecule has 4 atom stereocenters. The van der Waals surface area contributed by atoms with Crippen LogP contribution in [0.3, 0.4) is 0 Å². The van der Waals surface area contributed by atoms with Crippen LogP contribution < -0.4 is 5.32 Å². The zero-order valence-electron chi connectivity index (χ0n) is 18.1. The number of phenols is 1. The Balaban J connectivity index is 1.46. The van der Waals surface area contributed by atoms with Crippen LogP contribution >= 0.6 is 11.3 Å². The van der Waals surface area contributed by atoms with E-state index in [-0.39, 0.29) is 29.5 Å². The average molecular weight is 442 g/mol. The first-order valence-corrected chi connectivity index (χ1v) is 12.0. The molecule has 2 bridgehead atoms. The Morgan fingerprint density at radius 2 is 2.06 bits per heavy atom. The van der Waals surface area contributed by atoms with Crippen molar-refractivity contribution in [1.29, 1.82) is 0 Å². The van der Waals surface area contributed by atoms with E-state index in [1.807, 2.05) is 11.4 Å². The van der Waals surface area contributed by atoms with Crippen LogP contribution in [0.25, 0.3) is 10.1 Å². The molecular weight excluding hydrogens is 410 g/mol. The number of hydrogen-bond donors (Lipinski definition) is 3. The Bertz CT molecular complexity index is 1010. The molecule has 6 heteroatoms. The van der Waals surface area contributed by atoms with Crippen molar-refractivity contribution in [1.82, 2.24) is 5.32 Å². The number of allylic oxidation sites excluding steroid dienone is 2. The molecule has 1 aromatic heterocycles. The van der Waals surface area contributed by atoms with Crippen molar-refractivity contribution in [2.24, 2.45) is 23.2 Å². The second kappa shape index (κ2) is 8.65. The number of phenolic OH excluding ortho intramolecular Hbond substituents is 1. The summed E-state index contributed by atoms with van der Waals surface area (Å²) < 4.78 is 0.997. The highest BCUT2D eigenvalue weighted by Gasteiger charge is 2.57. The molecule has 5 nitrogen and oxygen atoms in total. The van der Waals surface area contributed by atoms with Crippen LogP contribution in [-0.4, -0.2) is 28.1 Å². The number of amides is 1. The molecule has 1 unspecified atom stereocenters. The molecule has 166 valence electrons. The van der Waals surface area contributed by atoms with E-state index in [2.05, 4.69) is 31.3 Å². The highest BCUT2D eigenvalue weighted by Crippen LogP contribution is 2.61. The Labute approximate surface area is 187 Å². The summed E-state index contributed by atoms with van der Waals surface area (Å²) in [5.41, 5.74) is 0.882. The predicted octanol–water partition coefficient (Wildman–Crippen LogP) is 5.59. The van der Waals surface area contributed by atoms with Gasteiger partial charge in [-0.3, -0.25) is 9.59 Å². The standard InChI is InChI=1S/C25H31NO4S/c1-25(2)16-11-15(7-5-3-4-6-8-22(28)29)23(20(25)12-16)26-24(30)19-14-31-21-10-9-17(27)13-18(19)21/h3,5,9-10,13-16,20,23,27H,4,6-8,11-12H2,1-2H3,(H,26,30)(H,28,29)/t15-,16-,20-,23?/m0/s1. The molecule has 0 saturated heterocycles. The summed E-state index contributed by atoms with van der Waals surface area (Å²) in [6.45, 7) is 4.64. The van der Waals surface area contributed by atoms with Gasteiger partial charge in [0.2, 0.25) is 0 Å². The van der Waals surface area contributed by atoms with Gasteiger partial charge in [-0.15, -0.1) is 11.3 Å². The SMILES string of the molecule is CC1(C)[C@H]2C[C@H](CC=CCCCC(=O)O)C(NC(=O)c3csc4ccc(O)cc34)[C@@H]1C2. The van der Waals surface area contributed by atoms with Gasteiger partial charge in [0, 0.05) is 27.9 Å². The fourth-order valence-electron chi connectivity index (χ4n) is 5.55. The average Bonchev–Trinajstić information content (AvgIpc) is 3.13. The van der Waals surface area contributed by atoms with Gasteiger partial charge in [0.25, 0.3) is 5.91 Å². The van der Waals surface area contributed by atoms with E-state index in [9.17, 15) is 14.7 Å². The lowest BCUT2D eigenvalue weighted by molar-refractivity contribution is -0.137. The summed E-state index contributed by atoms with van der Waals surface area (Å²) in [5, 5.41) is 24.7.